The molecule has 1 atom stereocenters. The van der Waals surface area contributed by atoms with Crippen molar-refractivity contribution < 1.29 is 0 Å². The molecule has 2 heteroatoms. The van der Waals surface area contributed by atoms with E-state index >= 15 is 0 Å². The molecule has 1 nitrogen and oxygen atoms in total. The van der Waals surface area contributed by atoms with Gasteiger partial charge in [-0.25, -0.2) is 0 Å². The lowest BCUT2D eigenvalue weighted by atomic mass is 9.95. The number of hydrogen-bond acceptors (Lipinski definition) is 1. The molecule has 102 valence electrons. The highest BCUT2D eigenvalue weighted by Gasteiger charge is 2.13. The molecule has 0 aliphatic rings. The van der Waals surface area contributed by atoms with Gasteiger partial charge < -0.3 is 5.32 Å². The molecule has 0 aromatic heterocycles. The van der Waals surface area contributed by atoms with Crippen molar-refractivity contribution in [3.05, 3.63) is 33.3 Å². The first-order valence-corrected chi connectivity index (χ1v) is 7.89. The third kappa shape index (κ3) is 4.40. The number of nitrogens with one attached hydrogen (secondary N) is 1. The second-order valence-electron chi connectivity index (χ2n) is 5.06. The van der Waals surface area contributed by atoms with Gasteiger partial charge in [-0.05, 0) is 49.6 Å². The third-order valence-electron chi connectivity index (χ3n) is 3.47. The highest BCUT2D eigenvalue weighted by atomic mass is 79.9. The molecule has 0 heterocycles. The fourth-order valence-electron chi connectivity index (χ4n) is 2.39. The maximum absolute atomic E-state index is 3.63. The molecule has 0 spiro atoms. The van der Waals surface area contributed by atoms with Crippen molar-refractivity contribution in [3.63, 3.8) is 0 Å². The van der Waals surface area contributed by atoms with Crippen LogP contribution in [0.4, 0.5) is 0 Å². The Bertz CT molecular complexity index is 374. The standard InChI is InChI=1S/C16H26BrN/c1-5-7-8-9-16(18-6-2)14-10-13(4)15(17)11-12(14)3/h10-11,16,18H,5-9H2,1-4H3. The Balaban J connectivity index is 2.87. The van der Waals surface area contributed by atoms with Crippen LogP contribution >= 0.6 is 15.9 Å². The molecule has 1 aromatic rings. The summed E-state index contributed by atoms with van der Waals surface area (Å²) < 4.78 is 1.22. The largest absolute Gasteiger partial charge is 0.310 e. The van der Waals surface area contributed by atoms with Crippen LogP contribution in [-0.2, 0) is 0 Å². The molecule has 1 rings (SSSR count). The molecule has 0 fully saturated rings. The van der Waals surface area contributed by atoms with Crippen LogP contribution in [0.2, 0.25) is 0 Å². The smallest absolute Gasteiger partial charge is 0.0322 e. The van der Waals surface area contributed by atoms with Gasteiger partial charge in [0.1, 0.15) is 0 Å². The number of aryl methyl sites for hydroxylation is 2. The van der Waals surface area contributed by atoms with Crippen molar-refractivity contribution in [3.8, 4) is 0 Å². The topological polar surface area (TPSA) is 12.0 Å². The van der Waals surface area contributed by atoms with Crippen molar-refractivity contribution in [2.75, 3.05) is 6.54 Å². The average Bonchev–Trinajstić information content (AvgIpc) is 2.33. The summed E-state index contributed by atoms with van der Waals surface area (Å²) >= 11 is 3.61. The van der Waals surface area contributed by atoms with Gasteiger partial charge in [-0.3, -0.25) is 0 Å². The predicted molar refractivity (Wildman–Crippen MR) is 84.2 cm³/mol. The van der Waals surface area contributed by atoms with Crippen molar-refractivity contribution >= 4 is 15.9 Å². The average molecular weight is 312 g/mol. The van der Waals surface area contributed by atoms with Crippen LogP contribution < -0.4 is 5.32 Å². The molecule has 0 amide bonds. The molecule has 0 aliphatic heterocycles. The normalized spacial score (nSPS) is 12.7. The highest BCUT2D eigenvalue weighted by molar-refractivity contribution is 9.10. The van der Waals surface area contributed by atoms with Gasteiger partial charge >= 0.3 is 0 Å². The van der Waals surface area contributed by atoms with Gasteiger partial charge in [-0.15, -0.1) is 0 Å². The molecule has 0 bridgehead atoms. The van der Waals surface area contributed by atoms with Crippen LogP contribution in [0.3, 0.4) is 0 Å². The molecule has 0 radical (unpaired) electrons. The first-order chi connectivity index (χ1) is 8.60. The van der Waals surface area contributed by atoms with Crippen LogP contribution in [0.1, 0.15) is 62.3 Å². The molecule has 0 saturated heterocycles. The van der Waals surface area contributed by atoms with E-state index in [1.165, 1.54) is 46.8 Å². The van der Waals surface area contributed by atoms with E-state index in [1.54, 1.807) is 0 Å². The Morgan fingerprint density at radius 1 is 1.11 bits per heavy atom. The van der Waals surface area contributed by atoms with Crippen LogP contribution in [0, 0.1) is 13.8 Å². The first-order valence-electron chi connectivity index (χ1n) is 7.10. The van der Waals surface area contributed by atoms with Crippen molar-refractivity contribution in [2.24, 2.45) is 0 Å². The maximum Gasteiger partial charge on any atom is 0.0322 e. The lowest BCUT2D eigenvalue weighted by Gasteiger charge is -2.21. The van der Waals surface area contributed by atoms with E-state index in [2.05, 4.69) is 61.1 Å². The molecule has 0 saturated carbocycles. The Labute approximate surface area is 120 Å². The molecular formula is C16H26BrN. The first kappa shape index (κ1) is 15.7. The molecular weight excluding hydrogens is 286 g/mol. The van der Waals surface area contributed by atoms with E-state index in [0.29, 0.717) is 6.04 Å². The van der Waals surface area contributed by atoms with Crippen molar-refractivity contribution in [2.45, 2.75) is 59.4 Å². The van der Waals surface area contributed by atoms with Crippen LogP contribution in [-0.4, -0.2) is 6.54 Å². The SMILES string of the molecule is CCCCCC(NCC)c1cc(C)c(Br)cc1C. The minimum atomic E-state index is 0.508. The minimum absolute atomic E-state index is 0.508. The number of hydrogen-bond donors (Lipinski definition) is 1. The number of unbranched alkanes of at least 4 members (excludes halogenated alkanes) is 2. The monoisotopic (exact) mass is 311 g/mol. The quantitative estimate of drug-likeness (QED) is 0.674. The zero-order valence-electron chi connectivity index (χ0n) is 12.1. The number of rotatable bonds is 7. The highest BCUT2D eigenvalue weighted by Crippen LogP contribution is 2.28. The second-order valence-corrected chi connectivity index (χ2v) is 5.92. The molecule has 18 heavy (non-hydrogen) atoms. The minimum Gasteiger partial charge on any atom is -0.310 e. The lowest BCUT2D eigenvalue weighted by molar-refractivity contribution is 0.484. The summed E-state index contributed by atoms with van der Waals surface area (Å²) in [6.07, 6.45) is 5.17. The second kappa shape index (κ2) is 7.96. The van der Waals surface area contributed by atoms with Crippen molar-refractivity contribution in [1.82, 2.24) is 5.32 Å². The summed E-state index contributed by atoms with van der Waals surface area (Å²) in [5, 5.41) is 3.63. The van der Waals surface area contributed by atoms with Gasteiger partial charge in [0.05, 0.1) is 0 Å². The predicted octanol–water partition coefficient (Wildman–Crippen LogP) is 5.30. The Morgan fingerprint density at radius 2 is 1.83 bits per heavy atom. The summed E-state index contributed by atoms with van der Waals surface area (Å²) in [7, 11) is 0. The molecule has 1 aromatic carbocycles. The third-order valence-corrected chi connectivity index (χ3v) is 4.32. The number of halogens is 1. The van der Waals surface area contributed by atoms with Gasteiger partial charge in [0.15, 0.2) is 0 Å². The molecule has 1 N–H and O–H groups in total. The van der Waals surface area contributed by atoms with Crippen LogP contribution in [0.25, 0.3) is 0 Å². The summed E-state index contributed by atoms with van der Waals surface area (Å²) in [6.45, 7) is 9.86. The van der Waals surface area contributed by atoms with Crippen molar-refractivity contribution in [1.29, 1.82) is 0 Å². The van der Waals surface area contributed by atoms with Crippen LogP contribution in [0.15, 0.2) is 16.6 Å². The fourth-order valence-corrected chi connectivity index (χ4v) is 2.85. The van der Waals surface area contributed by atoms with E-state index in [4.69, 9.17) is 0 Å². The summed E-state index contributed by atoms with van der Waals surface area (Å²) in [5.41, 5.74) is 4.18. The Morgan fingerprint density at radius 3 is 2.44 bits per heavy atom. The van der Waals surface area contributed by atoms with Gasteiger partial charge in [-0.1, -0.05) is 55.1 Å². The summed E-state index contributed by atoms with van der Waals surface area (Å²) in [5.74, 6) is 0. The maximum atomic E-state index is 3.63. The van der Waals surface area contributed by atoms with Gasteiger partial charge in [0.25, 0.3) is 0 Å². The fraction of sp³-hybridized carbons (Fsp3) is 0.625. The van der Waals surface area contributed by atoms with E-state index in [-0.39, 0.29) is 0 Å². The molecule has 0 aliphatic carbocycles. The lowest BCUT2D eigenvalue weighted by Crippen LogP contribution is -2.21. The zero-order chi connectivity index (χ0) is 13.5. The Hall–Kier alpha value is -0.340. The molecule has 1 unspecified atom stereocenters. The van der Waals surface area contributed by atoms with Gasteiger partial charge in [0.2, 0.25) is 0 Å². The zero-order valence-corrected chi connectivity index (χ0v) is 13.7. The van der Waals surface area contributed by atoms with E-state index < -0.39 is 0 Å². The van der Waals surface area contributed by atoms with E-state index in [0.717, 1.165) is 6.54 Å². The summed E-state index contributed by atoms with van der Waals surface area (Å²) in [6, 6.07) is 5.08. The van der Waals surface area contributed by atoms with Gasteiger partial charge in [0, 0.05) is 10.5 Å². The van der Waals surface area contributed by atoms with E-state index in [1.807, 2.05) is 0 Å². The van der Waals surface area contributed by atoms with E-state index in [9.17, 15) is 0 Å². The number of benzene rings is 1. The summed E-state index contributed by atoms with van der Waals surface area (Å²) in [4.78, 5) is 0. The van der Waals surface area contributed by atoms with Crippen LogP contribution in [0.5, 0.6) is 0 Å². The Kier molecular flexibility index (Phi) is 6.95. The van der Waals surface area contributed by atoms with Gasteiger partial charge in [-0.2, -0.15) is 0 Å².